The largest absolute Gasteiger partial charge is 0.471 e. The summed E-state index contributed by atoms with van der Waals surface area (Å²) in [6.45, 7) is -1.86. The lowest BCUT2D eigenvalue weighted by molar-refractivity contribution is -0.290. The summed E-state index contributed by atoms with van der Waals surface area (Å²) in [6, 6.07) is 0.979. The number of nitrogens with two attached hydrogens (primary N) is 1. The van der Waals surface area contributed by atoms with E-state index >= 15 is 0 Å². The molecule has 10 heteroatoms. The summed E-state index contributed by atoms with van der Waals surface area (Å²) in [5.74, 6) is -0.433. The minimum atomic E-state index is -5.67. The minimum Gasteiger partial charge on any atom is -0.471 e. The predicted octanol–water partition coefficient (Wildman–Crippen LogP) is 1.34. The molecule has 0 aliphatic rings. The van der Waals surface area contributed by atoms with E-state index in [-0.39, 0.29) is 5.82 Å². The fourth-order valence-corrected chi connectivity index (χ4v) is 0.744. The van der Waals surface area contributed by atoms with E-state index < -0.39 is 24.6 Å². The Bertz CT molecular complexity index is 383. The number of nitrogens with one attached hydrogen (secondary N) is 1. The van der Waals surface area contributed by atoms with E-state index in [2.05, 4.69) is 20.1 Å². The molecule has 0 aliphatic heterocycles. The van der Waals surface area contributed by atoms with Crippen LogP contribution in [0.25, 0.3) is 0 Å². The molecule has 1 rings (SSSR count). The Morgan fingerprint density at radius 1 is 1.24 bits per heavy atom. The van der Waals surface area contributed by atoms with Gasteiger partial charge in [0, 0.05) is 6.07 Å². The maximum absolute atomic E-state index is 12.5. The Morgan fingerprint density at radius 2 is 1.88 bits per heavy atom. The SMILES string of the molecule is NNc1cc(OCC(F)(F)C(F)(F)F)ncn1. The number of hydrogen-bond donors (Lipinski definition) is 2. The lowest BCUT2D eigenvalue weighted by Gasteiger charge is -2.19. The highest BCUT2D eigenvalue weighted by Gasteiger charge is 2.58. The number of hydrogen-bond acceptors (Lipinski definition) is 5. The first kappa shape index (κ1) is 13.4. The molecule has 0 aromatic carbocycles. The average Bonchev–Trinajstić information content (AvgIpc) is 2.25. The average molecular weight is 258 g/mol. The van der Waals surface area contributed by atoms with Gasteiger partial charge in [-0.15, -0.1) is 0 Å². The molecule has 1 heterocycles. The van der Waals surface area contributed by atoms with Crippen LogP contribution in [0.2, 0.25) is 0 Å². The van der Waals surface area contributed by atoms with Crippen LogP contribution in [0.4, 0.5) is 27.8 Å². The van der Waals surface area contributed by atoms with Gasteiger partial charge in [0.2, 0.25) is 5.88 Å². The highest BCUT2D eigenvalue weighted by molar-refractivity contribution is 5.35. The zero-order valence-corrected chi connectivity index (χ0v) is 8.13. The number of aromatic nitrogens is 2. The second-order valence-electron chi connectivity index (χ2n) is 2.88. The summed E-state index contributed by atoms with van der Waals surface area (Å²) in [6.07, 6.45) is -4.77. The molecule has 5 nitrogen and oxygen atoms in total. The topological polar surface area (TPSA) is 73.1 Å². The molecule has 3 N–H and O–H groups in total. The highest BCUT2D eigenvalue weighted by Crippen LogP contribution is 2.35. The van der Waals surface area contributed by atoms with Crippen LogP contribution in [0, 0.1) is 0 Å². The van der Waals surface area contributed by atoms with Crippen LogP contribution in [0.3, 0.4) is 0 Å². The number of nitrogen functional groups attached to an aromatic ring is 1. The molecule has 0 atom stereocenters. The minimum absolute atomic E-state index is 0.0188. The third kappa shape index (κ3) is 3.37. The summed E-state index contributed by atoms with van der Waals surface area (Å²) in [5, 5.41) is 0. The van der Waals surface area contributed by atoms with Crippen LogP contribution in [-0.2, 0) is 0 Å². The molecule has 0 aliphatic carbocycles. The molecule has 17 heavy (non-hydrogen) atoms. The van der Waals surface area contributed by atoms with Crippen molar-refractivity contribution in [1.29, 1.82) is 0 Å². The fraction of sp³-hybridized carbons (Fsp3) is 0.429. The zero-order valence-electron chi connectivity index (χ0n) is 8.13. The molecule has 1 aromatic rings. The number of alkyl halides is 5. The first-order valence-electron chi connectivity index (χ1n) is 4.12. The highest BCUT2D eigenvalue weighted by atomic mass is 19.4. The summed E-state index contributed by atoms with van der Waals surface area (Å²) in [4.78, 5) is 6.86. The summed E-state index contributed by atoms with van der Waals surface area (Å²) in [7, 11) is 0. The van der Waals surface area contributed by atoms with Crippen molar-refractivity contribution in [2.75, 3.05) is 12.0 Å². The molecule has 0 saturated carbocycles. The van der Waals surface area contributed by atoms with Gasteiger partial charge in [-0.25, -0.2) is 15.8 Å². The van der Waals surface area contributed by atoms with Crippen molar-refractivity contribution in [3.05, 3.63) is 12.4 Å². The van der Waals surface area contributed by atoms with Crippen LogP contribution >= 0.6 is 0 Å². The number of hydrazine groups is 1. The van der Waals surface area contributed by atoms with Crippen molar-refractivity contribution < 1.29 is 26.7 Å². The molecule has 0 bridgehead atoms. The van der Waals surface area contributed by atoms with Gasteiger partial charge in [0.1, 0.15) is 12.1 Å². The monoisotopic (exact) mass is 258 g/mol. The van der Waals surface area contributed by atoms with Crippen molar-refractivity contribution in [3.63, 3.8) is 0 Å². The van der Waals surface area contributed by atoms with Gasteiger partial charge in [-0.1, -0.05) is 0 Å². The van der Waals surface area contributed by atoms with E-state index in [1.54, 1.807) is 0 Å². The first-order valence-corrected chi connectivity index (χ1v) is 4.12. The second kappa shape index (κ2) is 4.65. The smallest absolute Gasteiger partial charge is 0.456 e. The van der Waals surface area contributed by atoms with E-state index in [0.717, 1.165) is 12.4 Å². The molecule has 0 radical (unpaired) electrons. The number of anilines is 1. The van der Waals surface area contributed by atoms with Gasteiger partial charge < -0.3 is 10.2 Å². The Labute approximate surface area is 91.8 Å². The Kier molecular flexibility index (Phi) is 3.66. The predicted molar refractivity (Wildman–Crippen MR) is 46.3 cm³/mol. The van der Waals surface area contributed by atoms with Gasteiger partial charge in [0.25, 0.3) is 0 Å². The summed E-state index contributed by atoms with van der Waals surface area (Å²) < 4.78 is 64.5. The quantitative estimate of drug-likeness (QED) is 0.484. The maximum Gasteiger partial charge on any atom is 0.456 e. The van der Waals surface area contributed by atoms with E-state index in [9.17, 15) is 22.0 Å². The maximum atomic E-state index is 12.5. The molecule has 0 amide bonds. The number of ether oxygens (including phenoxy) is 1. The number of nitrogens with zero attached hydrogens (tertiary/aromatic N) is 2. The number of rotatable bonds is 4. The van der Waals surface area contributed by atoms with Gasteiger partial charge in [0.15, 0.2) is 6.61 Å². The van der Waals surface area contributed by atoms with Crippen molar-refractivity contribution >= 4 is 5.82 Å². The normalized spacial score (nSPS) is 12.4. The lowest BCUT2D eigenvalue weighted by Crippen LogP contribution is -2.41. The molecule has 0 saturated heterocycles. The standard InChI is InChI=1S/C7H7F5N4O/c8-6(9,7(10,11)12)2-17-5-1-4(16-13)14-3-15-5/h1,3H,2,13H2,(H,14,15,16). The third-order valence-corrected chi connectivity index (χ3v) is 1.61. The number of halogens is 5. The molecular weight excluding hydrogens is 251 g/mol. The summed E-state index contributed by atoms with van der Waals surface area (Å²) in [5.41, 5.74) is 2.05. The van der Waals surface area contributed by atoms with Crippen molar-refractivity contribution in [2.24, 2.45) is 5.84 Å². The lowest BCUT2D eigenvalue weighted by atomic mass is 10.3. The molecule has 1 aromatic heterocycles. The third-order valence-electron chi connectivity index (χ3n) is 1.61. The summed E-state index contributed by atoms with van der Waals surface area (Å²) >= 11 is 0. The van der Waals surface area contributed by atoms with Gasteiger partial charge in [-0.2, -0.15) is 22.0 Å². The first-order chi connectivity index (χ1) is 7.76. The second-order valence-corrected chi connectivity index (χ2v) is 2.88. The van der Waals surface area contributed by atoms with Crippen molar-refractivity contribution in [3.8, 4) is 5.88 Å². The van der Waals surface area contributed by atoms with Crippen molar-refractivity contribution in [2.45, 2.75) is 12.1 Å². The van der Waals surface area contributed by atoms with E-state index in [1.165, 1.54) is 0 Å². The zero-order chi connectivity index (χ0) is 13.1. The molecule has 96 valence electrons. The molecular formula is C7H7F5N4O. The van der Waals surface area contributed by atoms with Crippen LogP contribution in [0.5, 0.6) is 5.88 Å². The van der Waals surface area contributed by atoms with Gasteiger partial charge in [-0.3, -0.25) is 0 Å². The van der Waals surface area contributed by atoms with Crippen LogP contribution < -0.4 is 16.0 Å². The Hall–Kier alpha value is -1.71. The van der Waals surface area contributed by atoms with Crippen molar-refractivity contribution in [1.82, 2.24) is 9.97 Å². The molecule has 0 fully saturated rings. The van der Waals surface area contributed by atoms with Gasteiger partial charge in [-0.05, 0) is 0 Å². The van der Waals surface area contributed by atoms with Gasteiger partial charge in [0.05, 0.1) is 0 Å². The molecule has 0 unspecified atom stereocenters. The fourth-order valence-electron chi connectivity index (χ4n) is 0.744. The molecule has 0 spiro atoms. The van der Waals surface area contributed by atoms with E-state index in [4.69, 9.17) is 5.84 Å². The van der Waals surface area contributed by atoms with E-state index in [0.29, 0.717) is 0 Å². The Balaban J connectivity index is 2.67. The van der Waals surface area contributed by atoms with Crippen LogP contribution in [0.1, 0.15) is 0 Å². The van der Waals surface area contributed by atoms with Crippen LogP contribution in [-0.4, -0.2) is 28.7 Å². The van der Waals surface area contributed by atoms with E-state index in [1.807, 2.05) is 0 Å². The van der Waals surface area contributed by atoms with Crippen LogP contribution in [0.15, 0.2) is 12.4 Å². The van der Waals surface area contributed by atoms with Gasteiger partial charge >= 0.3 is 12.1 Å². The Morgan fingerprint density at radius 3 is 2.41 bits per heavy atom.